The number of unbranched alkanes of at least 4 members (excludes halogenated alkanes) is 1. The molecule has 142 valence electrons. The summed E-state index contributed by atoms with van der Waals surface area (Å²) in [6.45, 7) is 4.56. The topological polar surface area (TPSA) is 50.7 Å². The summed E-state index contributed by atoms with van der Waals surface area (Å²) in [7, 11) is 0. The average Bonchev–Trinajstić information content (AvgIpc) is 2.61. The van der Waals surface area contributed by atoms with Crippen molar-refractivity contribution in [3.05, 3.63) is 57.6 Å². The number of aliphatic hydroxyl groups excluding tert-OH is 1. The van der Waals surface area contributed by atoms with Gasteiger partial charge in [-0.3, -0.25) is 0 Å². The second-order valence-corrected chi connectivity index (χ2v) is 6.71. The van der Waals surface area contributed by atoms with Crippen LogP contribution in [0.1, 0.15) is 30.9 Å². The molecule has 0 saturated heterocycles. The fourth-order valence-corrected chi connectivity index (χ4v) is 3.00. The Bertz CT molecular complexity index is 695. The number of benzene rings is 2. The molecule has 2 N–H and O–H groups in total. The van der Waals surface area contributed by atoms with Crippen LogP contribution in [0.4, 0.5) is 0 Å². The Morgan fingerprint density at radius 3 is 2.62 bits per heavy atom. The lowest BCUT2D eigenvalue weighted by atomic mass is 10.2. The zero-order valence-corrected chi connectivity index (χ0v) is 16.4. The van der Waals surface area contributed by atoms with Crippen molar-refractivity contribution < 1.29 is 14.6 Å². The van der Waals surface area contributed by atoms with E-state index in [0.717, 1.165) is 30.5 Å². The van der Waals surface area contributed by atoms with E-state index in [1.807, 2.05) is 43.3 Å². The second kappa shape index (κ2) is 11.3. The quantitative estimate of drug-likeness (QED) is 0.532. The fraction of sp³-hybridized carbons (Fsp3) is 0.400. The summed E-state index contributed by atoms with van der Waals surface area (Å²) in [4.78, 5) is 0. The van der Waals surface area contributed by atoms with E-state index in [9.17, 15) is 0 Å². The molecule has 0 radical (unpaired) electrons. The Labute approximate surface area is 165 Å². The summed E-state index contributed by atoms with van der Waals surface area (Å²) in [6, 6.07) is 11.4. The molecule has 0 aliphatic heterocycles. The molecule has 2 aromatic rings. The molecule has 2 aromatic carbocycles. The van der Waals surface area contributed by atoms with E-state index in [1.54, 1.807) is 0 Å². The molecule has 4 nitrogen and oxygen atoms in total. The van der Waals surface area contributed by atoms with Crippen molar-refractivity contribution in [3.8, 4) is 11.5 Å². The summed E-state index contributed by atoms with van der Waals surface area (Å²) in [5.74, 6) is 1.17. The van der Waals surface area contributed by atoms with Crippen LogP contribution in [0.2, 0.25) is 10.0 Å². The highest BCUT2D eigenvalue weighted by Gasteiger charge is 2.13. The highest BCUT2D eigenvalue weighted by Crippen LogP contribution is 2.37. The Kier molecular flexibility index (Phi) is 9.06. The summed E-state index contributed by atoms with van der Waals surface area (Å²) >= 11 is 12.5. The third kappa shape index (κ3) is 6.69. The average molecular weight is 398 g/mol. The highest BCUT2D eigenvalue weighted by atomic mass is 35.5. The summed E-state index contributed by atoms with van der Waals surface area (Å²) in [5, 5.41) is 13.3. The van der Waals surface area contributed by atoms with Crippen LogP contribution >= 0.6 is 23.2 Å². The first-order valence-electron chi connectivity index (χ1n) is 8.78. The summed E-state index contributed by atoms with van der Waals surface area (Å²) in [5.41, 5.74) is 1.99. The van der Waals surface area contributed by atoms with E-state index < -0.39 is 0 Å². The molecule has 0 spiro atoms. The van der Waals surface area contributed by atoms with E-state index in [-0.39, 0.29) is 6.61 Å². The van der Waals surface area contributed by atoms with Crippen molar-refractivity contribution in [2.24, 2.45) is 0 Å². The SMILES string of the molecule is CCOc1cc(CNCCCCO)cc(Cl)c1OCc1cccc(Cl)c1. The molecule has 0 unspecified atom stereocenters. The highest BCUT2D eigenvalue weighted by molar-refractivity contribution is 6.32. The molecule has 0 atom stereocenters. The zero-order chi connectivity index (χ0) is 18.8. The third-order valence-electron chi connectivity index (χ3n) is 3.73. The van der Waals surface area contributed by atoms with Gasteiger partial charge in [0.05, 0.1) is 11.6 Å². The van der Waals surface area contributed by atoms with E-state index >= 15 is 0 Å². The van der Waals surface area contributed by atoms with Crippen LogP contribution in [0, 0.1) is 0 Å². The molecule has 0 heterocycles. The Morgan fingerprint density at radius 1 is 1.04 bits per heavy atom. The number of halogens is 2. The van der Waals surface area contributed by atoms with Crippen LogP contribution in [0.3, 0.4) is 0 Å². The largest absolute Gasteiger partial charge is 0.490 e. The van der Waals surface area contributed by atoms with Gasteiger partial charge in [0.25, 0.3) is 0 Å². The van der Waals surface area contributed by atoms with Gasteiger partial charge in [0.15, 0.2) is 11.5 Å². The maximum absolute atomic E-state index is 8.81. The summed E-state index contributed by atoms with van der Waals surface area (Å²) < 4.78 is 11.6. The van der Waals surface area contributed by atoms with Crippen molar-refractivity contribution in [1.82, 2.24) is 5.32 Å². The number of rotatable bonds is 11. The molecule has 0 aliphatic carbocycles. The first kappa shape index (κ1) is 20.8. The molecule has 0 bridgehead atoms. The molecule has 2 rings (SSSR count). The van der Waals surface area contributed by atoms with Crippen LogP contribution in [-0.2, 0) is 13.2 Å². The van der Waals surface area contributed by atoms with Crippen molar-refractivity contribution in [3.63, 3.8) is 0 Å². The lowest BCUT2D eigenvalue weighted by molar-refractivity contribution is 0.269. The van der Waals surface area contributed by atoms with Gasteiger partial charge in [-0.05, 0) is 61.7 Å². The van der Waals surface area contributed by atoms with Gasteiger partial charge in [-0.25, -0.2) is 0 Å². The smallest absolute Gasteiger partial charge is 0.180 e. The van der Waals surface area contributed by atoms with Gasteiger partial charge in [-0.15, -0.1) is 0 Å². The van der Waals surface area contributed by atoms with Crippen molar-refractivity contribution in [2.75, 3.05) is 19.8 Å². The lowest BCUT2D eigenvalue weighted by Crippen LogP contribution is -2.15. The van der Waals surface area contributed by atoms with Gasteiger partial charge < -0.3 is 19.9 Å². The molecule has 26 heavy (non-hydrogen) atoms. The molecule has 0 saturated carbocycles. The minimum atomic E-state index is 0.223. The molecular weight excluding hydrogens is 373 g/mol. The normalized spacial score (nSPS) is 10.8. The number of aliphatic hydroxyl groups is 1. The van der Waals surface area contributed by atoms with Gasteiger partial charge in [-0.2, -0.15) is 0 Å². The second-order valence-electron chi connectivity index (χ2n) is 5.86. The molecule has 0 aromatic heterocycles. The van der Waals surface area contributed by atoms with Crippen LogP contribution in [-0.4, -0.2) is 24.9 Å². The zero-order valence-electron chi connectivity index (χ0n) is 14.9. The third-order valence-corrected chi connectivity index (χ3v) is 4.25. The minimum absolute atomic E-state index is 0.223. The standard InChI is InChI=1S/C20H25Cl2NO3/c1-2-25-19-12-16(13-23-8-3-4-9-24)11-18(22)20(19)26-14-15-6-5-7-17(21)10-15/h5-7,10-12,23-24H,2-4,8-9,13-14H2,1H3. The summed E-state index contributed by atoms with van der Waals surface area (Å²) in [6.07, 6.45) is 1.73. The fourth-order valence-electron chi connectivity index (χ4n) is 2.50. The Balaban J connectivity index is 2.05. The van der Waals surface area contributed by atoms with E-state index in [0.29, 0.717) is 41.3 Å². The van der Waals surface area contributed by atoms with Gasteiger partial charge in [-0.1, -0.05) is 35.3 Å². The van der Waals surface area contributed by atoms with Crippen molar-refractivity contribution >= 4 is 23.2 Å². The maximum atomic E-state index is 8.81. The number of hydrogen-bond acceptors (Lipinski definition) is 4. The van der Waals surface area contributed by atoms with Gasteiger partial charge in [0, 0.05) is 18.2 Å². The first-order valence-corrected chi connectivity index (χ1v) is 9.53. The minimum Gasteiger partial charge on any atom is -0.490 e. The molecule has 0 fully saturated rings. The van der Waals surface area contributed by atoms with E-state index in [4.69, 9.17) is 37.8 Å². The lowest BCUT2D eigenvalue weighted by Gasteiger charge is -2.16. The van der Waals surface area contributed by atoms with Gasteiger partial charge >= 0.3 is 0 Å². The van der Waals surface area contributed by atoms with Crippen LogP contribution in [0.15, 0.2) is 36.4 Å². The van der Waals surface area contributed by atoms with Crippen molar-refractivity contribution in [2.45, 2.75) is 32.9 Å². The van der Waals surface area contributed by atoms with Gasteiger partial charge in [0.1, 0.15) is 6.61 Å². The van der Waals surface area contributed by atoms with E-state index in [2.05, 4.69) is 5.32 Å². The number of hydrogen-bond donors (Lipinski definition) is 2. The van der Waals surface area contributed by atoms with Crippen LogP contribution in [0.25, 0.3) is 0 Å². The van der Waals surface area contributed by atoms with Crippen LogP contribution in [0.5, 0.6) is 11.5 Å². The Hall–Kier alpha value is -1.46. The molecule has 6 heteroatoms. The molecule has 0 aliphatic rings. The predicted octanol–water partition coefficient (Wildman–Crippen LogP) is 4.83. The molecular formula is C20H25Cl2NO3. The maximum Gasteiger partial charge on any atom is 0.180 e. The monoisotopic (exact) mass is 397 g/mol. The van der Waals surface area contributed by atoms with Crippen molar-refractivity contribution in [1.29, 1.82) is 0 Å². The van der Waals surface area contributed by atoms with E-state index in [1.165, 1.54) is 0 Å². The number of nitrogens with one attached hydrogen (secondary N) is 1. The first-order chi connectivity index (χ1) is 12.6. The van der Waals surface area contributed by atoms with Gasteiger partial charge in [0.2, 0.25) is 0 Å². The molecule has 0 amide bonds. The predicted molar refractivity (Wildman–Crippen MR) is 106 cm³/mol. The Morgan fingerprint density at radius 2 is 1.88 bits per heavy atom. The van der Waals surface area contributed by atoms with Crippen LogP contribution < -0.4 is 14.8 Å². The number of ether oxygens (including phenoxy) is 2.